The summed E-state index contributed by atoms with van der Waals surface area (Å²) in [4.78, 5) is 12.2. The summed E-state index contributed by atoms with van der Waals surface area (Å²) in [7, 11) is 0. The lowest BCUT2D eigenvalue weighted by Gasteiger charge is -2.68. The van der Waals surface area contributed by atoms with Gasteiger partial charge in [0.1, 0.15) is 11.6 Å². The van der Waals surface area contributed by atoms with Gasteiger partial charge in [0, 0.05) is 11.5 Å². The molecule has 1 aromatic heterocycles. The molecule has 4 aliphatic carbocycles. The number of ether oxygens (including phenoxy) is 2. The lowest BCUT2D eigenvalue weighted by atomic mass is 9.39. The van der Waals surface area contributed by atoms with Gasteiger partial charge in [0.25, 0.3) is 5.91 Å². The maximum absolute atomic E-state index is 12.9. The second kappa shape index (κ2) is 6.91. The summed E-state index contributed by atoms with van der Waals surface area (Å²) in [6.07, 6.45) is -3.13. The van der Waals surface area contributed by atoms with Crippen LogP contribution in [0.25, 0.3) is 0 Å². The second-order valence-corrected chi connectivity index (χ2v) is 8.68. The van der Waals surface area contributed by atoms with Crippen molar-refractivity contribution >= 4 is 5.91 Å². The Morgan fingerprint density at radius 2 is 1.84 bits per heavy atom. The number of carbonyl (C=O) groups is 1. The minimum Gasteiger partial charge on any atom is -0.484 e. The van der Waals surface area contributed by atoms with E-state index in [0.29, 0.717) is 36.8 Å². The average Bonchev–Trinajstić information content (AvgIpc) is 3.07. The fourth-order valence-electron chi connectivity index (χ4n) is 4.83. The third-order valence-corrected chi connectivity index (χ3v) is 6.26. The quantitative estimate of drug-likeness (QED) is 0.664. The highest BCUT2D eigenvalue weighted by Gasteiger charge is 2.72. The van der Waals surface area contributed by atoms with Gasteiger partial charge < -0.3 is 14.5 Å². The van der Waals surface area contributed by atoms with Crippen LogP contribution < -0.4 is 10.1 Å². The summed E-state index contributed by atoms with van der Waals surface area (Å²) < 4.78 is 64.7. The monoisotopic (exact) mass is 441 g/mol. The summed E-state index contributed by atoms with van der Waals surface area (Å²) in [6.45, 7) is -0.173. The maximum Gasteiger partial charge on any atom is 0.522 e. The standard InChI is InChI=1S/C20H19F4N3O4/c21-12-1-3-13(4-2-12)29-7-15(28)25-19-8-18(9-19,10-19)17-27-26-16(30-17)11-5-14(6-11)31-20(22,23)24/h1-4,11,14H,5-10H2,(H,25,28)/t11-,14-,18?,19?. The predicted molar refractivity (Wildman–Crippen MR) is 95.5 cm³/mol. The summed E-state index contributed by atoms with van der Waals surface area (Å²) in [6, 6.07) is 5.41. The first-order valence-corrected chi connectivity index (χ1v) is 9.92. The number of carbonyl (C=O) groups excluding carboxylic acids is 1. The lowest BCUT2D eigenvalue weighted by Crippen LogP contribution is -2.77. The summed E-state index contributed by atoms with van der Waals surface area (Å²) in [5.74, 6) is 0.343. The van der Waals surface area contributed by atoms with Crippen LogP contribution in [-0.2, 0) is 14.9 Å². The molecule has 4 aliphatic rings. The Morgan fingerprint density at radius 1 is 1.16 bits per heavy atom. The first-order valence-electron chi connectivity index (χ1n) is 9.92. The van der Waals surface area contributed by atoms with E-state index in [1.54, 1.807) is 0 Å². The third-order valence-electron chi connectivity index (χ3n) is 6.26. The Balaban J connectivity index is 1.08. The number of halogens is 4. The first-order chi connectivity index (χ1) is 14.6. The van der Waals surface area contributed by atoms with Crippen molar-refractivity contribution in [3.63, 3.8) is 0 Å². The molecule has 0 unspecified atom stereocenters. The van der Waals surface area contributed by atoms with E-state index in [1.165, 1.54) is 24.3 Å². The zero-order valence-electron chi connectivity index (χ0n) is 16.2. The summed E-state index contributed by atoms with van der Waals surface area (Å²) >= 11 is 0. The van der Waals surface area contributed by atoms with Crippen molar-refractivity contribution in [3.05, 3.63) is 41.9 Å². The number of rotatable bonds is 7. The van der Waals surface area contributed by atoms with Crippen molar-refractivity contribution in [2.45, 2.75) is 61.4 Å². The Morgan fingerprint density at radius 3 is 2.48 bits per heavy atom. The fourth-order valence-corrected chi connectivity index (χ4v) is 4.83. The van der Waals surface area contributed by atoms with Crippen molar-refractivity contribution in [3.8, 4) is 5.75 Å². The van der Waals surface area contributed by atoms with Crippen molar-refractivity contribution in [1.29, 1.82) is 0 Å². The van der Waals surface area contributed by atoms with Crippen LogP contribution >= 0.6 is 0 Å². The van der Waals surface area contributed by atoms with Crippen molar-refractivity contribution < 1.29 is 36.2 Å². The van der Waals surface area contributed by atoms with Gasteiger partial charge in [0.15, 0.2) is 6.61 Å². The smallest absolute Gasteiger partial charge is 0.484 e. The highest BCUT2D eigenvalue weighted by Crippen LogP contribution is 2.67. The van der Waals surface area contributed by atoms with Gasteiger partial charge in [-0.15, -0.1) is 23.4 Å². The van der Waals surface area contributed by atoms with Crippen LogP contribution in [0.3, 0.4) is 0 Å². The zero-order chi connectivity index (χ0) is 21.9. The van der Waals surface area contributed by atoms with Crippen molar-refractivity contribution in [2.24, 2.45) is 0 Å². The van der Waals surface area contributed by atoms with E-state index in [2.05, 4.69) is 20.3 Å². The molecule has 6 rings (SSSR count). The Bertz CT molecular complexity index is 965. The highest BCUT2D eigenvalue weighted by molar-refractivity contribution is 5.79. The van der Waals surface area contributed by atoms with Gasteiger partial charge in [0.05, 0.1) is 11.5 Å². The van der Waals surface area contributed by atoms with E-state index < -0.39 is 12.5 Å². The van der Waals surface area contributed by atoms with E-state index in [1.807, 2.05) is 0 Å². The molecule has 1 heterocycles. The van der Waals surface area contributed by atoms with Crippen LogP contribution in [0.2, 0.25) is 0 Å². The van der Waals surface area contributed by atoms with Gasteiger partial charge in [-0.2, -0.15) is 0 Å². The molecule has 1 N–H and O–H groups in total. The topological polar surface area (TPSA) is 86.5 Å². The number of aromatic nitrogens is 2. The predicted octanol–water partition coefficient (Wildman–Crippen LogP) is 3.36. The fraction of sp³-hybridized carbons (Fsp3) is 0.550. The second-order valence-electron chi connectivity index (χ2n) is 8.68. The van der Waals surface area contributed by atoms with E-state index in [4.69, 9.17) is 9.15 Å². The molecular formula is C20H19F4N3O4. The third kappa shape index (κ3) is 3.86. The molecule has 4 fully saturated rings. The number of hydrogen-bond donors (Lipinski definition) is 1. The lowest BCUT2D eigenvalue weighted by molar-refractivity contribution is -0.352. The van der Waals surface area contributed by atoms with Crippen LogP contribution in [0.1, 0.15) is 49.8 Å². The minimum atomic E-state index is -4.63. The molecule has 7 nitrogen and oxygen atoms in total. The minimum absolute atomic E-state index is 0.173. The van der Waals surface area contributed by atoms with Crippen LogP contribution in [0, 0.1) is 5.82 Å². The molecule has 0 atom stereocenters. The van der Waals surface area contributed by atoms with Gasteiger partial charge >= 0.3 is 6.36 Å². The molecule has 2 aromatic rings. The number of benzene rings is 1. The van der Waals surface area contributed by atoms with Gasteiger partial charge in [0.2, 0.25) is 11.8 Å². The van der Waals surface area contributed by atoms with E-state index in [0.717, 1.165) is 0 Å². The number of nitrogens with one attached hydrogen (secondary N) is 1. The van der Waals surface area contributed by atoms with Crippen LogP contribution in [0.4, 0.5) is 17.6 Å². The first kappa shape index (κ1) is 20.2. The molecule has 2 bridgehead atoms. The normalized spacial score (nSPS) is 31.2. The number of nitrogens with zero attached hydrogens (tertiary/aromatic N) is 2. The van der Waals surface area contributed by atoms with Crippen LogP contribution in [-0.4, -0.2) is 40.7 Å². The molecule has 0 aliphatic heterocycles. The molecule has 31 heavy (non-hydrogen) atoms. The molecule has 0 spiro atoms. The molecule has 1 amide bonds. The van der Waals surface area contributed by atoms with Crippen LogP contribution in [0.5, 0.6) is 5.75 Å². The molecule has 1 aromatic carbocycles. The average molecular weight is 441 g/mol. The van der Waals surface area contributed by atoms with Crippen molar-refractivity contribution in [2.75, 3.05) is 6.61 Å². The van der Waals surface area contributed by atoms with Gasteiger partial charge in [-0.05, 0) is 56.4 Å². The Labute approximate surface area is 174 Å². The van der Waals surface area contributed by atoms with E-state index in [-0.39, 0.29) is 48.0 Å². The van der Waals surface area contributed by atoms with Gasteiger partial charge in [-0.25, -0.2) is 4.39 Å². The number of amides is 1. The summed E-state index contributed by atoms with van der Waals surface area (Å²) in [5.41, 5.74) is -0.595. The molecule has 0 saturated heterocycles. The molecule has 0 radical (unpaired) electrons. The van der Waals surface area contributed by atoms with Crippen LogP contribution in [0.15, 0.2) is 28.7 Å². The van der Waals surface area contributed by atoms with Gasteiger partial charge in [-0.1, -0.05) is 0 Å². The zero-order valence-corrected chi connectivity index (χ0v) is 16.2. The number of hydrogen-bond acceptors (Lipinski definition) is 6. The van der Waals surface area contributed by atoms with E-state index in [9.17, 15) is 22.4 Å². The molecule has 4 saturated carbocycles. The van der Waals surface area contributed by atoms with Crippen molar-refractivity contribution in [1.82, 2.24) is 15.5 Å². The largest absolute Gasteiger partial charge is 0.522 e. The highest BCUT2D eigenvalue weighted by atomic mass is 19.4. The number of alkyl halides is 3. The summed E-state index contributed by atoms with van der Waals surface area (Å²) in [5, 5.41) is 11.1. The molecule has 11 heteroatoms. The molecular weight excluding hydrogens is 422 g/mol. The van der Waals surface area contributed by atoms with Gasteiger partial charge in [-0.3, -0.25) is 9.53 Å². The molecule has 166 valence electrons. The Kier molecular flexibility index (Phi) is 4.51. The maximum atomic E-state index is 12.9. The SMILES string of the molecule is O=C(COc1ccc(F)cc1)NC12CC(c3nnc([C@H]4C[C@H](OC(F)(F)F)C4)o3)(C1)C2. The van der Waals surface area contributed by atoms with E-state index >= 15 is 0 Å². The Hall–Kier alpha value is -2.69.